The number of amides is 2. The molecule has 3 aromatic rings. The van der Waals surface area contributed by atoms with Crippen LogP contribution in [0.1, 0.15) is 18.1 Å². The van der Waals surface area contributed by atoms with Crippen molar-refractivity contribution in [2.45, 2.75) is 30.8 Å². The third-order valence-corrected chi connectivity index (χ3v) is 8.95. The van der Waals surface area contributed by atoms with E-state index in [1.165, 1.54) is 33.5 Å². The van der Waals surface area contributed by atoms with Gasteiger partial charge in [0, 0.05) is 31.2 Å². The monoisotopic (exact) mass is 599 g/mol. The number of rotatable bonds is 12. The molecular formula is C30H34ClN3O6S. The van der Waals surface area contributed by atoms with Gasteiger partial charge >= 0.3 is 0 Å². The number of ether oxygens (including phenoxy) is 2. The molecule has 1 saturated heterocycles. The Bertz CT molecular complexity index is 1400. The fraction of sp³-hybridized carbons (Fsp3) is 0.333. The minimum Gasteiger partial charge on any atom is -0.484 e. The molecular weight excluding hydrogens is 566 g/mol. The van der Waals surface area contributed by atoms with Crippen molar-refractivity contribution in [2.75, 3.05) is 39.5 Å². The number of sulfonamides is 1. The molecule has 11 heteroatoms. The third kappa shape index (κ3) is 8.53. The van der Waals surface area contributed by atoms with Crippen LogP contribution in [-0.4, -0.2) is 74.9 Å². The smallest absolute Gasteiger partial charge is 0.261 e. The fourth-order valence-corrected chi connectivity index (χ4v) is 5.90. The summed E-state index contributed by atoms with van der Waals surface area (Å²) in [6.07, 6.45) is 0.671. The van der Waals surface area contributed by atoms with E-state index in [1.807, 2.05) is 30.3 Å². The molecule has 41 heavy (non-hydrogen) atoms. The highest BCUT2D eigenvalue weighted by Crippen LogP contribution is 2.21. The SMILES string of the molecule is C[C@H](C(=O)NCCc1ccccc1)N(Cc1ccc(Cl)cc1)C(=O)COc1ccc(S(=O)(=O)N2CCOCC2)cc1. The van der Waals surface area contributed by atoms with Crippen molar-refractivity contribution in [2.24, 2.45) is 0 Å². The molecule has 3 aromatic carbocycles. The van der Waals surface area contributed by atoms with Crippen molar-refractivity contribution in [1.82, 2.24) is 14.5 Å². The van der Waals surface area contributed by atoms with Gasteiger partial charge in [-0.1, -0.05) is 54.1 Å². The predicted molar refractivity (Wildman–Crippen MR) is 156 cm³/mol. The zero-order valence-corrected chi connectivity index (χ0v) is 24.4. The predicted octanol–water partition coefficient (Wildman–Crippen LogP) is 3.52. The van der Waals surface area contributed by atoms with Gasteiger partial charge in [0.15, 0.2) is 6.61 Å². The van der Waals surface area contributed by atoms with Crippen molar-refractivity contribution < 1.29 is 27.5 Å². The third-order valence-electron chi connectivity index (χ3n) is 6.78. The van der Waals surface area contributed by atoms with Crippen molar-refractivity contribution >= 4 is 33.4 Å². The van der Waals surface area contributed by atoms with Crippen LogP contribution in [0.3, 0.4) is 0 Å². The molecule has 0 aromatic heterocycles. The summed E-state index contributed by atoms with van der Waals surface area (Å²) in [6.45, 7) is 3.29. The summed E-state index contributed by atoms with van der Waals surface area (Å²) >= 11 is 6.02. The summed E-state index contributed by atoms with van der Waals surface area (Å²) in [7, 11) is -3.64. The van der Waals surface area contributed by atoms with Gasteiger partial charge in [-0.05, 0) is 60.9 Å². The van der Waals surface area contributed by atoms with E-state index >= 15 is 0 Å². The molecule has 0 radical (unpaired) electrons. The van der Waals surface area contributed by atoms with Gasteiger partial charge in [-0.25, -0.2) is 8.42 Å². The normalized spacial score (nSPS) is 14.7. The van der Waals surface area contributed by atoms with Gasteiger partial charge in [0.05, 0.1) is 18.1 Å². The largest absolute Gasteiger partial charge is 0.484 e. The first-order chi connectivity index (χ1) is 19.7. The van der Waals surface area contributed by atoms with Gasteiger partial charge < -0.3 is 19.7 Å². The molecule has 1 aliphatic rings. The Balaban J connectivity index is 1.39. The maximum Gasteiger partial charge on any atom is 0.261 e. The van der Waals surface area contributed by atoms with Gasteiger partial charge in [-0.3, -0.25) is 9.59 Å². The van der Waals surface area contributed by atoms with E-state index in [0.29, 0.717) is 50.0 Å². The molecule has 4 rings (SSSR count). The van der Waals surface area contributed by atoms with Gasteiger partial charge in [-0.15, -0.1) is 0 Å². The molecule has 1 atom stereocenters. The average molecular weight is 600 g/mol. The second-order valence-corrected chi connectivity index (χ2v) is 12.0. The quantitative estimate of drug-likeness (QED) is 0.342. The Morgan fingerprint density at radius 3 is 2.29 bits per heavy atom. The lowest BCUT2D eigenvalue weighted by Gasteiger charge is -2.29. The van der Waals surface area contributed by atoms with Gasteiger partial charge in [0.1, 0.15) is 11.8 Å². The van der Waals surface area contributed by atoms with Crippen molar-refractivity contribution in [3.8, 4) is 5.75 Å². The Morgan fingerprint density at radius 2 is 1.63 bits per heavy atom. The Labute approximate surface area is 246 Å². The van der Waals surface area contributed by atoms with Gasteiger partial charge in [-0.2, -0.15) is 4.31 Å². The maximum absolute atomic E-state index is 13.3. The van der Waals surface area contributed by atoms with Crippen LogP contribution in [0.2, 0.25) is 5.02 Å². The number of hydrogen-bond acceptors (Lipinski definition) is 6. The Morgan fingerprint density at radius 1 is 0.976 bits per heavy atom. The highest BCUT2D eigenvalue weighted by atomic mass is 35.5. The fourth-order valence-electron chi connectivity index (χ4n) is 4.36. The van der Waals surface area contributed by atoms with E-state index in [2.05, 4.69) is 5.32 Å². The number of carbonyl (C=O) groups excluding carboxylic acids is 2. The summed E-state index contributed by atoms with van der Waals surface area (Å²) in [6, 6.07) is 22.1. The van der Waals surface area contributed by atoms with Crippen LogP contribution >= 0.6 is 11.6 Å². The molecule has 2 amide bonds. The first kappa shape index (κ1) is 30.5. The second kappa shape index (κ2) is 14.5. The van der Waals surface area contributed by atoms with Gasteiger partial charge in [0.2, 0.25) is 15.9 Å². The van der Waals surface area contributed by atoms with Crippen LogP contribution in [-0.2, 0) is 37.3 Å². The molecule has 218 valence electrons. The van der Waals surface area contributed by atoms with Crippen LogP contribution in [0.4, 0.5) is 0 Å². The number of halogens is 1. The van der Waals surface area contributed by atoms with Crippen LogP contribution in [0.15, 0.2) is 83.8 Å². The van der Waals surface area contributed by atoms with Crippen molar-refractivity contribution in [1.29, 1.82) is 0 Å². The zero-order chi connectivity index (χ0) is 29.2. The summed E-state index contributed by atoms with van der Waals surface area (Å²) < 4.78 is 38.1. The number of carbonyl (C=O) groups is 2. The number of nitrogens with one attached hydrogen (secondary N) is 1. The van der Waals surface area contributed by atoms with Gasteiger partial charge in [0.25, 0.3) is 5.91 Å². The minimum absolute atomic E-state index is 0.142. The molecule has 0 unspecified atom stereocenters. The molecule has 1 fully saturated rings. The Hall–Kier alpha value is -3.44. The van der Waals surface area contributed by atoms with Crippen LogP contribution in [0.5, 0.6) is 5.75 Å². The molecule has 0 bridgehead atoms. The maximum atomic E-state index is 13.3. The molecule has 1 N–H and O–H groups in total. The van der Waals surface area contributed by atoms with Crippen molar-refractivity contribution in [3.05, 3.63) is 95.0 Å². The first-order valence-electron chi connectivity index (χ1n) is 13.4. The standard InChI is InChI=1S/C30H34ClN3O6S/c1-23(30(36)32-16-15-24-5-3-2-4-6-24)34(21-25-7-9-26(31)10-8-25)29(35)22-40-27-11-13-28(14-12-27)41(37,38)33-17-19-39-20-18-33/h2-14,23H,15-22H2,1H3,(H,32,36)/t23-/m1/s1. The summed E-state index contributed by atoms with van der Waals surface area (Å²) in [5.41, 5.74) is 1.91. The van der Waals surface area contributed by atoms with E-state index in [0.717, 1.165) is 11.1 Å². The number of hydrogen-bond donors (Lipinski definition) is 1. The molecule has 1 heterocycles. The highest BCUT2D eigenvalue weighted by molar-refractivity contribution is 7.89. The number of nitrogens with zero attached hydrogens (tertiary/aromatic N) is 2. The lowest BCUT2D eigenvalue weighted by molar-refractivity contribution is -0.142. The average Bonchev–Trinajstić information content (AvgIpc) is 3.00. The van der Waals surface area contributed by atoms with E-state index in [9.17, 15) is 18.0 Å². The molecule has 1 aliphatic heterocycles. The van der Waals surface area contributed by atoms with E-state index in [4.69, 9.17) is 21.1 Å². The molecule has 9 nitrogen and oxygen atoms in total. The summed E-state index contributed by atoms with van der Waals surface area (Å²) in [5, 5.41) is 3.49. The van der Waals surface area contributed by atoms with E-state index in [-0.39, 0.29) is 24.0 Å². The summed E-state index contributed by atoms with van der Waals surface area (Å²) in [5.74, 6) is -0.331. The topological polar surface area (TPSA) is 105 Å². The highest BCUT2D eigenvalue weighted by Gasteiger charge is 2.28. The summed E-state index contributed by atoms with van der Waals surface area (Å²) in [4.78, 5) is 28.0. The zero-order valence-electron chi connectivity index (χ0n) is 22.9. The number of morpholine rings is 1. The molecule has 0 saturated carbocycles. The molecule has 0 spiro atoms. The first-order valence-corrected chi connectivity index (χ1v) is 15.2. The Kier molecular flexibility index (Phi) is 10.8. The number of benzene rings is 3. The molecule has 0 aliphatic carbocycles. The van der Waals surface area contributed by atoms with Crippen LogP contribution in [0.25, 0.3) is 0 Å². The lowest BCUT2D eigenvalue weighted by Crippen LogP contribution is -2.49. The lowest BCUT2D eigenvalue weighted by atomic mass is 10.1. The van der Waals surface area contributed by atoms with Crippen molar-refractivity contribution in [3.63, 3.8) is 0 Å². The second-order valence-electron chi connectivity index (χ2n) is 9.63. The van der Waals surface area contributed by atoms with E-state index in [1.54, 1.807) is 31.2 Å². The minimum atomic E-state index is -3.64. The van der Waals surface area contributed by atoms with Crippen LogP contribution in [0, 0.1) is 0 Å². The van der Waals surface area contributed by atoms with E-state index < -0.39 is 22.0 Å². The van der Waals surface area contributed by atoms with Crippen LogP contribution < -0.4 is 10.1 Å².